The lowest BCUT2D eigenvalue weighted by atomic mass is 9.93. The molecule has 0 aliphatic heterocycles. The number of alkyl halides is 2. The smallest absolute Gasteiger partial charge is 0.107 e. The van der Waals surface area contributed by atoms with Crippen molar-refractivity contribution >= 4 is 46.4 Å². The molecule has 0 aromatic rings. The van der Waals surface area contributed by atoms with Gasteiger partial charge in [-0.25, -0.2) is 0 Å². The van der Waals surface area contributed by atoms with E-state index in [1.165, 1.54) is 0 Å². The van der Waals surface area contributed by atoms with E-state index >= 15 is 0 Å². The van der Waals surface area contributed by atoms with Gasteiger partial charge in [0.1, 0.15) is 6.61 Å². The van der Waals surface area contributed by atoms with Crippen molar-refractivity contribution in [2.75, 3.05) is 13.2 Å². The molecule has 1 saturated carbocycles. The van der Waals surface area contributed by atoms with E-state index in [0.29, 0.717) is 35.9 Å². The Morgan fingerprint density at radius 3 is 2.63 bits per heavy atom. The Morgan fingerprint density at radius 2 is 2.05 bits per heavy atom. The van der Waals surface area contributed by atoms with Crippen LogP contribution in [-0.2, 0) is 4.74 Å². The Hall–Kier alpha value is -0.0900. The molecule has 0 heterocycles. The molecule has 0 N–H and O–H groups in total. The van der Waals surface area contributed by atoms with Gasteiger partial charge in [-0.15, -0.1) is 23.2 Å². The molecular formula is C13H11Cl4NO. The van der Waals surface area contributed by atoms with Gasteiger partial charge in [-0.05, 0) is 12.8 Å². The molecule has 0 aromatic heterocycles. The number of nitrogens with zero attached hydrogens (tertiary/aromatic N) is 1. The maximum absolute atomic E-state index is 8.35. The summed E-state index contributed by atoms with van der Waals surface area (Å²) in [6, 6.07) is 1.99. The van der Waals surface area contributed by atoms with E-state index < -0.39 is 9.75 Å². The summed E-state index contributed by atoms with van der Waals surface area (Å²) in [5, 5.41) is 9.22. The molecule has 2 nitrogen and oxygen atoms in total. The summed E-state index contributed by atoms with van der Waals surface area (Å²) in [7, 11) is 0. The zero-order valence-electron chi connectivity index (χ0n) is 9.98. The Balaban J connectivity index is 1.98. The van der Waals surface area contributed by atoms with Crippen LogP contribution in [0, 0.1) is 29.1 Å². The highest BCUT2D eigenvalue weighted by Crippen LogP contribution is 2.65. The SMILES string of the molecule is N#CCCOCC#CC1CC2(Cl)CC1(Cl)C(Cl)=C2Cl. The maximum Gasteiger partial charge on any atom is 0.107 e. The third-order valence-corrected chi connectivity index (χ3v) is 5.81. The quantitative estimate of drug-likeness (QED) is 0.443. The van der Waals surface area contributed by atoms with E-state index in [9.17, 15) is 0 Å². The number of fused-ring (bicyclic) bond motifs is 2. The number of allylic oxidation sites excluding steroid dienone is 2. The van der Waals surface area contributed by atoms with Crippen molar-refractivity contribution < 1.29 is 4.74 Å². The van der Waals surface area contributed by atoms with Gasteiger partial charge < -0.3 is 4.74 Å². The molecular weight excluding hydrogens is 328 g/mol. The lowest BCUT2D eigenvalue weighted by molar-refractivity contribution is 0.173. The fourth-order valence-corrected chi connectivity index (χ4v) is 4.21. The average Bonchev–Trinajstić information content (AvgIpc) is 2.73. The normalized spacial score (nSPS) is 36.1. The molecule has 2 aliphatic rings. The minimum Gasteiger partial charge on any atom is -0.368 e. The summed E-state index contributed by atoms with van der Waals surface area (Å²) < 4.78 is 5.18. The van der Waals surface area contributed by atoms with Crippen molar-refractivity contribution in [3.8, 4) is 17.9 Å². The van der Waals surface area contributed by atoms with Crippen molar-refractivity contribution in [2.45, 2.75) is 29.0 Å². The molecule has 3 unspecified atom stereocenters. The molecule has 1 fully saturated rings. The molecule has 19 heavy (non-hydrogen) atoms. The molecule has 0 aromatic carbocycles. The number of ether oxygens (including phenoxy) is 1. The highest BCUT2D eigenvalue weighted by molar-refractivity contribution is 6.51. The number of halogens is 4. The van der Waals surface area contributed by atoms with Crippen LogP contribution >= 0.6 is 46.4 Å². The van der Waals surface area contributed by atoms with Crippen LogP contribution in [0.4, 0.5) is 0 Å². The number of hydrogen-bond donors (Lipinski definition) is 0. The monoisotopic (exact) mass is 337 g/mol. The Morgan fingerprint density at radius 1 is 1.32 bits per heavy atom. The van der Waals surface area contributed by atoms with Gasteiger partial charge in [-0.1, -0.05) is 35.0 Å². The van der Waals surface area contributed by atoms with Gasteiger partial charge in [-0.2, -0.15) is 5.26 Å². The molecule has 0 amide bonds. The predicted octanol–water partition coefficient (Wildman–Crippen LogP) is 3.99. The third-order valence-electron chi connectivity index (χ3n) is 3.38. The number of rotatable bonds is 3. The molecule has 3 atom stereocenters. The summed E-state index contributed by atoms with van der Waals surface area (Å²) >= 11 is 25.2. The van der Waals surface area contributed by atoms with Crippen molar-refractivity contribution in [3.63, 3.8) is 0 Å². The van der Waals surface area contributed by atoms with Crippen LogP contribution in [0.3, 0.4) is 0 Å². The van der Waals surface area contributed by atoms with Crippen LogP contribution in [0.15, 0.2) is 10.1 Å². The minimum absolute atomic E-state index is 0.124. The summed E-state index contributed by atoms with van der Waals surface area (Å²) in [4.78, 5) is -1.43. The van der Waals surface area contributed by atoms with Gasteiger partial charge in [0.05, 0.1) is 38.9 Å². The Kier molecular flexibility index (Phi) is 4.61. The van der Waals surface area contributed by atoms with Crippen molar-refractivity contribution in [3.05, 3.63) is 10.1 Å². The topological polar surface area (TPSA) is 33.0 Å². The average molecular weight is 339 g/mol. The van der Waals surface area contributed by atoms with Crippen molar-refractivity contribution in [2.24, 2.45) is 5.92 Å². The largest absolute Gasteiger partial charge is 0.368 e. The van der Waals surface area contributed by atoms with E-state index in [1.54, 1.807) is 0 Å². The molecule has 0 radical (unpaired) electrons. The molecule has 2 aliphatic carbocycles. The van der Waals surface area contributed by atoms with Gasteiger partial charge in [0.2, 0.25) is 0 Å². The lowest BCUT2D eigenvalue weighted by Crippen LogP contribution is -2.26. The van der Waals surface area contributed by atoms with E-state index in [0.717, 1.165) is 0 Å². The van der Waals surface area contributed by atoms with Crippen LogP contribution in [0.2, 0.25) is 0 Å². The standard InChI is InChI=1S/C13H11Cl4NO/c14-10-11(15)13(17)8-12(10,16)7-9(13)3-1-5-19-6-2-4-18/h9H,2,5-8H2. The fourth-order valence-electron chi connectivity index (χ4n) is 2.44. The second kappa shape index (κ2) is 5.72. The maximum atomic E-state index is 8.35. The van der Waals surface area contributed by atoms with Gasteiger partial charge in [0, 0.05) is 5.92 Å². The molecule has 0 saturated heterocycles. The second-order valence-electron chi connectivity index (χ2n) is 4.67. The van der Waals surface area contributed by atoms with Crippen LogP contribution in [0.25, 0.3) is 0 Å². The molecule has 6 heteroatoms. The molecule has 2 bridgehead atoms. The van der Waals surface area contributed by atoms with Crippen LogP contribution < -0.4 is 0 Å². The van der Waals surface area contributed by atoms with E-state index in [1.807, 2.05) is 6.07 Å². The zero-order chi connectivity index (χ0) is 14.1. The van der Waals surface area contributed by atoms with Crippen molar-refractivity contribution in [1.82, 2.24) is 0 Å². The highest BCUT2D eigenvalue weighted by Gasteiger charge is 2.62. The first-order valence-corrected chi connectivity index (χ1v) is 7.32. The molecule has 2 rings (SSSR count). The molecule has 0 spiro atoms. The Labute approximate surface area is 132 Å². The zero-order valence-corrected chi connectivity index (χ0v) is 13.0. The van der Waals surface area contributed by atoms with Crippen LogP contribution in [0.1, 0.15) is 19.3 Å². The second-order valence-corrected chi connectivity index (χ2v) is 6.82. The first kappa shape index (κ1) is 15.3. The minimum atomic E-state index is -0.764. The third kappa shape index (κ3) is 2.71. The lowest BCUT2D eigenvalue weighted by Gasteiger charge is -2.26. The van der Waals surface area contributed by atoms with Crippen LogP contribution in [0.5, 0.6) is 0 Å². The van der Waals surface area contributed by atoms with Gasteiger partial charge >= 0.3 is 0 Å². The fraction of sp³-hybridized carbons (Fsp3) is 0.615. The summed E-state index contributed by atoms with van der Waals surface area (Å²) in [6.07, 6.45) is 1.47. The molecule has 102 valence electrons. The van der Waals surface area contributed by atoms with Gasteiger partial charge in [0.25, 0.3) is 0 Å². The summed E-state index contributed by atoms with van der Waals surface area (Å²) in [6.45, 7) is 0.656. The van der Waals surface area contributed by atoms with E-state index in [2.05, 4.69) is 11.8 Å². The summed E-state index contributed by atoms with van der Waals surface area (Å²) in [5.41, 5.74) is 0. The Bertz CT molecular complexity index is 515. The van der Waals surface area contributed by atoms with Gasteiger partial charge in [-0.3, -0.25) is 0 Å². The highest BCUT2D eigenvalue weighted by atomic mass is 35.5. The number of nitriles is 1. The van der Waals surface area contributed by atoms with E-state index in [-0.39, 0.29) is 12.5 Å². The van der Waals surface area contributed by atoms with Gasteiger partial charge in [0.15, 0.2) is 0 Å². The van der Waals surface area contributed by atoms with E-state index in [4.69, 9.17) is 56.4 Å². The summed E-state index contributed by atoms with van der Waals surface area (Å²) in [5.74, 6) is 5.83. The van der Waals surface area contributed by atoms with Crippen LogP contribution in [-0.4, -0.2) is 23.0 Å². The van der Waals surface area contributed by atoms with Crippen molar-refractivity contribution in [1.29, 1.82) is 5.26 Å². The predicted molar refractivity (Wildman–Crippen MR) is 77.4 cm³/mol. The first-order chi connectivity index (χ1) is 8.94. The first-order valence-electron chi connectivity index (χ1n) is 5.81. The number of hydrogen-bond acceptors (Lipinski definition) is 2.